The molecule has 0 fully saturated rings. The predicted octanol–water partition coefficient (Wildman–Crippen LogP) is 0.944. The van der Waals surface area contributed by atoms with E-state index in [1.165, 1.54) is 13.4 Å². The van der Waals surface area contributed by atoms with Crippen LogP contribution >= 0.6 is 0 Å². The van der Waals surface area contributed by atoms with Gasteiger partial charge in [0.05, 0.1) is 13.7 Å². The largest absolute Gasteiger partial charge is 0.497 e. The molecule has 0 saturated carbocycles. The lowest BCUT2D eigenvalue weighted by atomic mass is 10.9. The van der Waals surface area contributed by atoms with E-state index in [0.717, 1.165) is 0 Å². The van der Waals surface area contributed by atoms with E-state index in [1.807, 2.05) is 6.92 Å². The summed E-state index contributed by atoms with van der Waals surface area (Å²) >= 11 is 0. The molecular weight excluding hydrogens is 92.1 g/mol. The minimum Gasteiger partial charge on any atom is -0.497 e. The van der Waals surface area contributed by atoms with Crippen molar-refractivity contribution in [2.24, 2.45) is 0 Å². The van der Waals surface area contributed by atoms with Gasteiger partial charge in [0.2, 0.25) is 0 Å². The third-order valence-electron chi connectivity index (χ3n) is 0.416. The maximum Gasteiger partial charge on any atom is 0.198 e. The quantitative estimate of drug-likeness (QED) is 0.492. The first kappa shape index (κ1) is 6.34. The Morgan fingerprint density at radius 3 is 2.86 bits per heavy atom. The van der Waals surface area contributed by atoms with Crippen LogP contribution in [0.4, 0.5) is 0 Å². The summed E-state index contributed by atoms with van der Waals surface area (Å²) in [6.45, 7) is 2.56. The molecule has 0 N–H and O–H groups in total. The number of hydrogen-bond acceptors (Lipinski definition) is 2. The average molecular weight is 101 g/mol. The number of hydrogen-bond donors (Lipinski definition) is 0. The Morgan fingerprint density at radius 1 is 1.71 bits per heavy atom. The Labute approximate surface area is 43.7 Å². The predicted molar refractivity (Wildman–Crippen MR) is 26.4 cm³/mol. The van der Waals surface area contributed by atoms with Crippen LogP contribution in [-0.2, 0) is 9.47 Å². The van der Waals surface area contributed by atoms with Crippen LogP contribution in [-0.4, -0.2) is 13.7 Å². The summed E-state index contributed by atoms with van der Waals surface area (Å²) in [6.07, 6.45) is 3.79. The van der Waals surface area contributed by atoms with Crippen molar-refractivity contribution in [3.8, 4) is 0 Å². The lowest BCUT2D eigenvalue weighted by Gasteiger charge is -1.88. The van der Waals surface area contributed by atoms with Gasteiger partial charge < -0.3 is 9.47 Å². The molecule has 1 radical (unpaired) electrons. The van der Waals surface area contributed by atoms with Crippen LogP contribution < -0.4 is 0 Å². The zero-order valence-electron chi connectivity index (χ0n) is 4.60. The zero-order chi connectivity index (χ0) is 5.54. The minimum atomic E-state index is 0.663. The minimum absolute atomic E-state index is 0.663. The molecule has 0 aromatic heterocycles. The van der Waals surface area contributed by atoms with Crippen molar-refractivity contribution in [2.45, 2.75) is 6.92 Å². The third-order valence-corrected chi connectivity index (χ3v) is 0.416. The smallest absolute Gasteiger partial charge is 0.198 e. The lowest BCUT2D eigenvalue weighted by molar-refractivity contribution is 0.232. The van der Waals surface area contributed by atoms with Gasteiger partial charge in [-0.3, -0.25) is 0 Å². The van der Waals surface area contributed by atoms with E-state index in [1.54, 1.807) is 0 Å². The molecule has 0 atom stereocenters. The van der Waals surface area contributed by atoms with Crippen LogP contribution in [0.3, 0.4) is 0 Å². The summed E-state index contributed by atoms with van der Waals surface area (Å²) in [7, 11) is 1.52. The molecule has 0 aliphatic carbocycles. The highest BCUT2D eigenvalue weighted by atomic mass is 16.5. The fraction of sp³-hybridized carbons (Fsp3) is 0.600. The lowest BCUT2D eigenvalue weighted by Crippen LogP contribution is -1.76. The number of rotatable bonds is 3. The molecule has 0 heterocycles. The summed E-state index contributed by atoms with van der Waals surface area (Å²) in [5, 5.41) is 0. The van der Waals surface area contributed by atoms with Crippen LogP contribution in [0.25, 0.3) is 0 Å². The Hall–Kier alpha value is -0.660. The van der Waals surface area contributed by atoms with Crippen LogP contribution in [0, 0.1) is 6.26 Å². The van der Waals surface area contributed by atoms with Crippen LogP contribution in [0.15, 0.2) is 6.26 Å². The van der Waals surface area contributed by atoms with Gasteiger partial charge in [-0.05, 0) is 6.92 Å². The van der Waals surface area contributed by atoms with Crippen molar-refractivity contribution in [3.05, 3.63) is 12.5 Å². The molecule has 0 saturated heterocycles. The highest BCUT2D eigenvalue weighted by molar-refractivity contribution is 4.48. The molecule has 0 aliphatic heterocycles. The van der Waals surface area contributed by atoms with E-state index in [0.29, 0.717) is 6.61 Å². The fourth-order valence-corrected chi connectivity index (χ4v) is 0.165. The fourth-order valence-electron chi connectivity index (χ4n) is 0.165. The molecule has 0 bridgehead atoms. The van der Waals surface area contributed by atoms with Crippen molar-refractivity contribution in [3.63, 3.8) is 0 Å². The molecule has 0 aliphatic rings. The van der Waals surface area contributed by atoms with Gasteiger partial charge in [0.15, 0.2) is 6.26 Å². The summed E-state index contributed by atoms with van der Waals surface area (Å²) in [5.41, 5.74) is 0. The van der Waals surface area contributed by atoms with E-state index in [4.69, 9.17) is 4.74 Å². The first-order valence-electron chi connectivity index (χ1n) is 2.13. The number of ether oxygens (including phenoxy) is 2. The van der Waals surface area contributed by atoms with Crippen molar-refractivity contribution in [2.75, 3.05) is 13.7 Å². The van der Waals surface area contributed by atoms with Gasteiger partial charge in [0, 0.05) is 0 Å². The highest BCUT2D eigenvalue weighted by Crippen LogP contribution is 1.73. The molecule has 0 spiro atoms. The van der Waals surface area contributed by atoms with E-state index < -0.39 is 0 Å². The number of methoxy groups -OCH3 is 1. The molecule has 41 valence electrons. The van der Waals surface area contributed by atoms with Gasteiger partial charge in [0.25, 0.3) is 0 Å². The van der Waals surface area contributed by atoms with Gasteiger partial charge in [-0.1, -0.05) is 0 Å². The molecule has 0 aromatic carbocycles. The summed E-state index contributed by atoms with van der Waals surface area (Å²) in [6, 6.07) is 0. The Bertz CT molecular complexity index is 50.0. The average Bonchev–Trinajstić information content (AvgIpc) is 1.69. The van der Waals surface area contributed by atoms with E-state index in [9.17, 15) is 0 Å². The molecule has 0 unspecified atom stereocenters. The normalized spacial score (nSPS) is 9.43. The van der Waals surface area contributed by atoms with Crippen LogP contribution in [0.2, 0.25) is 0 Å². The zero-order valence-corrected chi connectivity index (χ0v) is 4.60. The summed E-state index contributed by atoms with van der Waals surface area (Å²) in [4.78, 5) is 0. The molecule has 7 heavy (non-hydrogen) atoms. The summed E-state index contributed by atoms with van der Waals surface area (Å²) in [5.74, 6) is 0. The second-order valence-corrected chi connectivity index (χ2v) is 0.895. The van der Waals surface area contributed by atoms with E-state index in [-0.39, 0.29) is 0 Å². The van der Waals surface area contributed by atoms with Gasteiger partial charge in [-0.2, -0.15) is 0 Å². The van der Waals surface area contributed by atoms with Gasteiger partial charge >= 0.3 is 0 Å². The van der Waals surface area contributed by atoms with Crippen molar-refractivity contribution < 1.29 is 9.47 Å². The van der Waals surface area contributed by atoms with E-state index in [2.05, 4.69) is 11.0 Å². The van der Waals surface area contributed by atoms with Gasteiger partial charge in [-0.25, -0.2) is 0 Å². The molecule has 2 heteroatoms. The Balaban J connectivity index is 2.78. The van der Waals surface area contributed by atoms with Crippen molar-refractivity contribution >= 4 is 0 Å². The SMILES string of the molecule is CCO/C=[C]\OC. The second-order valence-electron chi connectivity index (χ2n) is 0.895. The first-order chi connectivity index (χ1) is 3.41. The highest BCUT2D eigenvalue weighted by Gasteiger charge is 1.66. The topological polar surface area (TPSA) is 18.5 Å². The Morgan fingerprint density at radius 2 is 2.43 bits per heavy atom. The maximum atomic E-state index is 4.71. The Kier molecular flexibility index (Phi) is 4.84. The molecule has 0 aromatic rings. The summed E-state index contributed by atoms with van der Waals surface area (Å²) < 4.78 is 9.13. The molecule has 0 rings (SSSR count). The van der Waals surface area contributed by atoms with Crippen molar-refractivity contribution in [1.82, 2.24) is 0 Å². The van der Waals surface area contributed by atoms with E-state index >= 15 is 0 Å². The second kappa shape index (κ2) is 5.34. The molecule has 0 amide bonds. The van der Waals surface area contributed by atoms with Gasteiger partial charge in [-0.15, -0.1) is 0 Å². The van der Waals surface area contributed by atoms with Gasteiger partial charge in [0.1, 0.15) is 6.26 Å². The third kappa shape index (κ3) is 5.34. The van der Waals surface area contributed by atoms with Crippen molar-refractivity contribution in [1.29, 1.82) is 0 Å². The maximum absolute atomic E-state index is 4.71. The van der Waals surface area contributed by atoms with Crippen LogP contribution in [0.5, 0.6) is 0 Å². The standard InChI is InChI=1S/C5H9O2/c1-3-7-5-4-6-2/h5H,3H2,1-2H3. The monoisotopic (exact) mass is 101 g/mol. The molecular formula is C5H9O2. The first-order valence-corrected chi connectivity index (χ1v) is 2.13. The molecule has 2 nitrogen and oxygen atoms in total. The van der Waals surface area contributed by atoms with Crippen LogP contribution in [0.1, 0.15) is 6.92 Å².